The molecule has 21 heavy (non-hydrogen) atoms. The minimum atomic E-state index is -0.413. The van der Waals surface area contributed by atoms with E-state index >= 15 is 0 Å². The van der Waals surface area contributed by atoms with Gasteiger partial charge in [-0.1, -0.05) is 27.2 Å². The van der Waals surface area contributed by atoms with Crippen LogP contribution in [0.4, 0.5) is 0 Å². The second kappa shape index (κ2) is 5.98. The first kappa shape index (κ1) is 15.4. The topological polar surface area (TPSA) is 36.4 Å². The van der Waals surface area contributed by atoms with Crippen molar-refractivity contribution < 1.29 is 5.11 Å². The Morgan fingerprint density at radius 1 is 1.48 bits per heavy atom. The molecule has 118 valence electrons. The number of thiazole rings is 1. The van der Waals surface area contributed by atoms with Gasteiger partial charge in [0.05, 0.1) is 17.8 Å². The SMILES string of the molecule is CC[C@@]1(O)CCC[C@@H]2CN(Cc3nc(C(C)C)cs3)C[C@@H]21. The highest BCUT2D eigenvalue weighted by Crippen LogP contribution is 2.44. The van der Waals surface area contributed by atoms with Crippen molar-refractivity contribution in [1.29, 1.82) is 0 Å². The van der Waals surface area contributed by atoms with Crippen molar-refractivity contribution in [3.63, 3.8) is 0 Å². The Morgan fingerprint density at radius 3 is 2.95 bits per heavy atom. The molecule has 1 aliphatic carbocycles. The maximum atomic E-state index is 10.9. The van der Waals surface area contributed by atoms with Crippen LogP contribution in [0.5, 0.6) is 0 Å². The van der Waals surface area contributed by atoms with Gasteiger partial charge in [-0.25, -0.2) is 4.98 Å². The van der Waals surface area contributed by atoms with Crippen molar-refractivity contribution in [2.75, 3.05) is 13.1 Å². The molecule has 2 fully saturated rings. The summed E-state index contributed by atoms with van der Waals surface area (Å²) in [6, 6.07) is 0. The Balaban J connectivity index is 1.66. The first-order chi connectivity index (χ1) is 10.0. The van der Waals surface area contributed by atoms with E-state index in [2.05, 4.69) is 31.1 Å². The molecule has 0 spiro atoms. The summed E-state index contributed by atoms with van der Waals surface area (Å²) in [6.07, 6.45) is 4.37. The molecule has 3 atom stereocenters. The predicted molar refractivity (Wildman–Crippen MR) is 87.6 cm³/mol. The molecule has 1 N–H and O–H groups in total. The number of aromatic nitrogens is 1. The number of hydrogen-bond acceptors (Lipinski definition) is 4. The van der Waals surface area contributed by atoms with Crippen LogP contribution in [0, 0.1) is 11.8 Å². The lowest BCUT2D eigenvalue weighted by molar-refractivity contribution is -0.0613. The van der Waals surface area contributed by atoms with E-state index in [4.69, 9.17) is 4.98 Å². The summed E-state index contributed by atoms with van der Waals surface area (Å²) in [7, 11) is 0. The third kappa shape index (κ3) is 3.03. The lowest BCUT2D eigenvalue weighted by Crippen LogP contribution is -2.44. The van der Waals surface area contributed by atoms with Gasteiger partial charge in [-0.15, -0.1) is 11.3 Å². The van der Waals surface area contributed by atoms with Gasteiger partial charge in [0, 0.05) is 24.4 Å². The van der Waals surface area contributed by atoms with Crippen molar-refractivity contribution in [2.45, 2.75) is 64.5 Å². The molecular weight excluding hydrogens is 280 g/mol. The van der Waals surface area contributed by atoms with E-state index in [1.54, 1.807) is 11.3 Å². The quantitative estimate of drug-likeness (QED) is 0.922. The van der Waals surface area contributed by atoms with Crippen LogP contribution >= 0.6 is 11.3 Å². The van der Waals surface area contributed by atoms with E-state index in [1.165, 1.54) is 23.5 Å². The van der Waals surface area contributed by atoms with Gasteiger partial charge in [-0.2, -0.15) is 0 Å². The highest BCUT2D eigenvalue weighted by atomic mass is 32.1. The van der Waals surface area contributed by atoms with E-state index < -0.39 is 5.60 Å². The van der Waals surface area contributed by atoms with Gasteiger partial charge < -0.3 is 5.11 Å². The number of aliphatic hydroxyl groups is 1. The number of likely N-dealkylation sites (tertiary alicyclic amines) is 1. The van der Waals surface area contributed by atoms with Crippen LogP contribution < -0.4 is 0 Å². The molecule has 1 aromatic heterocycles. The van der Waals surface area contributed by atoms with Gasteiger partial charge in [0.15, 0.2) is 0 Å². The van der Waals surface area contributed by atoms with E-state index in [1.807, 2.05) is 0 Å². The Labute approximate surface area is 132 Å². The van der Waals surface area contributed by atoms with Gasteiger partial charge >= 0.3 is 0 Å². The molecule has 2 heterocycles. The summed E-state index contributed by atoms with van der Waals surface area (Å²) in [5, 5.41) is 14.3. The first-order valence-corrected chi connectivity index (χ1v) is 9.29. The molecule has 0 amide bonds. The standard InChI is InChI=1S/C17H28N2OS/c1-4-17(20)7-5-6-13-8-19(9-14(13)17)10-16-18-15(11-21-16)12(2)3/h11-14,20H,4-10H2,1-3H3/t13-,14+,17-/m1/s1. The molecule has 0 bridgehead atoms. The van der Waals surface area contributed by atoms with Crippen molar-refractivity contribution in [1.82, 2.24) is 9.88 Å². The molecule has 1 saturated heterocycles. The number of rotatable bonds is 4. The van der Waals surface area contributed by atoms with Crippen LogP contribution in [0.1, 0.15) is 63.1 Å². The molecule has 0 unspecified atom stereocenters. The van der Waals surface area contributed by atoms with Crippen molar-refractivity contribution in [2.24, 2.45) is 11.8 Å². The highest BCUT2D eigenvalue weighted by molar-refractivity contribution is 7.09. The van der Waals surface area contributed by atoms with Gasteiger partial charge in [0.2, 0.25) is 0 Å². The fraction of sp³-hybridized carbons (Fsp3) is 0.824. The largest absolute Gasteiger partial charge is 0.390 e. The molecular formula is C17H28N2OS. The Bertz CT molecular complexity index is 487. The van der Waals surface area contributed by atoms with Gasteiger partial charge in [0.1, 0.15) is 5.01 Å². The minimum absolute atomic E-state index is 0.413. The van der Waals surface area contributed by atoms with Gasteiger partial charge in [-0.05, 0) is 31.1 Å². The molecule has 3 rings (SSSR count). The van der Waals surface area contributed by atoms with E-state index in [9.17, 15) is 5.11 Å². The molecule has 1 aromatic rings. The zero-order chi connectivity index (χ0) is 15.0. The van der Waals surface area contributed by atoms with Crippen molar-refractivity contribution in [3.05, 3.63) is 16.1 Å². The number of nitrogens with zero attached hydrogens (tertiary/aromatic N) is 2. The second-order valence-electron chi connectivity index (χ2n) is 7.23. The summed E-state index contributed by atoms with van der Waals surface area (Å²) < 4.78 is 0. The van der Waals surface area contributed by atoms with Gasteiger partial charge in [-0.3, -0.25) is 4.90 Å². The normalized spacial score (nSPS) is 33.6. The van der Waals surface area contributed by atoms with Crippen LogP contribution in [-0.4, -0.2) is 33.7 Å². The summed E-state index contributed by atoms with van der Waals surface area (Å²) in [5.74, 6) is 1.68. The zero-order valence-electron chi connectivity index (χ0n) is 13.5. The summed E-state index contributed by atoms with van der Waals surface area (Å²) in [6.45, 7) is 9.69. The van der Waals surface area contributed by atoms with Crippen LogP contribution in [0.2, 0.25) is 0 Å². The van der Waals surface area contributed by atoms with E-state index in [0.29, 0.717) is 17.8 Å². The molecule has 1 aliphatic heterocycles. The van der Waals surface area contributed by atoms with Crippen LogP contribution in [0.15, 0.2) is 5.38 Å². The predicted octanol–water partition coefficient (Wildman–Crippen LogP) is 3.64. The molecule has 2 aliphatic rings. The highest BCUT2D eigenvalue weighted by Gasteiger charge is 2.47. The lowest BCUT2D eigenvalue weighted by Gasteiger charge is -2.40. The van der Waals surface area contributed by atoms with Crippen molar-refractivity contribution >= 4 is 11.3 Å². The minimum Gasteiger partial charge on any atom is -0.390 e. The second-order valence-corrected chi connectivity index (χ2v) is 8.17. The third-order valence-corrected chi connectivity index (χ3v) is 6.38. The smallest absolute Gasteiger partial charge is 0.107 e. The summed E-state index contributed by atoms with van der Waals surface area (Å²) in [4.78, 5) is 7.28. The lowest BCUT2D eigenvalue weighted by atomic mass is 9.69. The molecule has 4 heteroatoms. The molecule has 3 nitrogen and oxygen atoms in total. The van der Waals surface area contributed by atoms with Crippen LogP contribution in [-0.2, 0) is 6.54 Å². The molecule has 0 radical (unpaired) electrons. The summed E-state index contributed by atoms with van der Waals surface area (Å²) >= 11 is 1.79. The monoisotopic (exact) mass is 308 g/mol. The number of hydrogen-bond donors (Lipinski definition) is 1. The fourth-order valence-electron chi connectivity index (χ4n) is 4.14. The average molecular weight is 308 g/mol. The average Bonchev–Trinajstić information content (AvgIpc) is 3.07. The Hall–Kier alpha value is -0.450. The summed E-state index contributed by atoms with van der Waals surface area (Å²) in [5.41, 5.74) is 0.806. The number of fused-ring (bicyclic) bond motifs is 1. The van der Waals surface area contributed by atoms with Gasteiger partial charge in [0.25, 0.3) is 0 Å². The Kier molecular flexibility index (Phi) is 4.40. The third-order valence-electron chi connectivity index (χ3n) is 5.52. The van der Waals surface area contributed by atoms with E-state index in [-0.39, 0.29) is 0 Å². The van der Waals surface area contributed by atoms with E-state index in [0.717, 1.165) is 32.5 Å². The molecule has 0 aromatic carbocycles. The van der Waals surface area contributed by atoms with Crippen LogP contribution in [0.3, 0.4) is 0 Å². The Morgan fingerprint density at radius 2 is 2.29 bits per heavy atom. The van der Waals surface area contributed by atoms with Crippen LogP contribution in [0.25, 0.3) is 0 Å². The zero-order valence-corrected chi connectivity index (χ0v) is 14.3. The maximum absolute atomic E-state index is 10.9. The fourth-order valence-corrected chi connectivity index (χ4v) is 5.14. The van der Waals surface area contributed by atoms with Crippen molar-refractivity contribution in [3.8, 4) is 0 Å². The maximum Gasteiger partial charge on any atom is 0.107 e. The first-order valence-electron chi connectivity index (χ1n) is 8.41. The molecule has 1 saturated carbocycles.